The number of para-hydroxylation sites is 2. The Bertz CT molecular complexity index is 1820. The lowest BCUT2D eigenvalue weighted by atomic mass is 9.85. The number of allylic oxidation sites excluding steroid dienone is 1. The summed E-state index contributed by atoms with van der Waals surface area (Å²) in [5.74, 6) is -0.910. The molecule has 3 nitrogen and oxygen atoms in total. The van der Waals surface area contributed by atoms with Crippen LogP contribution in [0, 0.1) is 0 Å². The fourth-order valence-corrected chi connectivity index (χ4v) is 5.24. The Morgan fingerprint density at radius 1 is 0.543 bits per heavy atom. The number of benzene rings is 5. The minimum Gasteiger partial charge on any atom is -0.309 e. The molecule has 1 aliphatic rings. The lowest BCUT2D eigenvalue weighted by molar-refractivity contribution is -0.110. The molecule has 0 unspecified atom stereocenters. The average molecular weight is 450 g/mol. The molecule has 7 rings (SSSR count). The third kappa shape index (κ3) is 2.92. The van der Waals surface area contributed by atoms with Gasteiger partial charge in [-0.3, -0.25) is 9.59 Å². The Morgan fingerprint density at radius 3 is 1.77 bits per heavy atom. The van der Waals surface area contributed by atoms with Crippen molar-refractivity contribution in [2.75, 3.05) is 0 Å². The van der Waals surface area contributed by atoms with E-state index in [9.17, 15) is 9.59 Å². The quantitative estimate of drug-likeness (QED) is 0.261. The molecule has 0 atom stereocenters. The standard InChI is InChI=1S/C32H19NO2/c34-31-27(19-23-17-21-7-1-2-8-22(21)18-28(23)32(31)35)20-13-15-24(16-14-20)33-29-11-5-3-9-25(29)26-10-4-6-12-30(26)33/h1-19H. The molecule has 0 spiro atoms. The second kappa shape index (κ2) is 7.37. The van der Waals surface area contributed by atoms with Crippen molar-refractivity contribution in [1.29, 1.82) is 0 Å². The van der Waals surface area contributed by atoms with Gasteiger partial charge in [-0.2, -0.15) is 0 Å². The summed E-state index contributed by atoms with van der Waals surface area (Å²) in [6.45, 7) is 0. The van der Waals surface area contributed by atoms with Crippen LogP contribution in [0.1, 0.15) is 21.5 Å². The first-order chi connectivity index (χ1) is 17.2. The predicted molar refractivity (Wildman–Crippen MR) is 142 cm³/mol. The number of rotatable bonds is 2. The van der Waals surface area contributed by atoms with Crippen LogP contribution in [0.3, 0.4) is 0 Å². The smallest absolute Gasteiger partial charge is 0.234 e. The van der Waals surface area contributed by atoms with Gasteiger partial charge in [0, 0.05) is 27.6 Å². The zero-order chi connectivity index (χ0) is 23.5. The Hall–Kier alpha value is -4.76. The van der Waals surface area contributed by atoms with E-state index in [1.807, 2.05) is 78.9 Å². The third-order valence-electron chi connectivity index (χ3n) is 6.93. The van der Waals surface area contributed by atoms with Crippen LogP contribution < -0.4 is 0 Å². The molecule has 0 bridgehead atoms. The largest absolute Gasteiger partial charge is 0.309 e. The SMILES string of the molecule is O=C1C(=O)c2cc3ccccc3cc2C=C1c1ccc(-n2c3ccccc3c3ccccc32)cc1. The summed E-state index contributed by atoms with van der Waals surface area (Å²) in [7, 11) is 0. The van der Waals surface area contributed by atoms with Crippen molar-refractivity contribution >= 4 is 55.8 Å². The van der Waals surface area contributed by atoms with Gasteiger partial charge < -0.3 is 4.57 Å². The highest BCUT2D eigenvalue weighted by molar-refractivity contribution is 6.61. The zero-order valence-corrected chi connectivity index (χ0v) is 18.7. The maximum Gasteiger partial charge on any atom is 0.234 e. The van der Waals surface area contributed by atoms with Crippen molar-refractivity contribution in [1.82, 2.24) is 4.57 Å². The lowest BCUT2D eigenvalue weighted by Gasteiger charge is -2.16. The van der Waals surface area contributed by atoms with Crippen LogP contribution in [0.2, 0.25) is 0 Å². The minimum atomic E-state index is -0.461. The van der Waals surface area contributed by atoms with Gasteiger partial charge in [-0.05, 0) is 64.4 Å². The third-order valence-corrected chi connectivity index (χ3v) is 6.93. The van der Waals surface area contributed by atoms with E-state index in [2.05, 4.69) is 41.0 Å². The van der Waals surface area contributed by atoms with Crippen molar-refractivity contribution in [3.8, 4) is 5.69 Å². The van der Waals surface area contributed by atoms with Crippen LogP contribution in [0.15, 0.2) is 109 Å². The normalized spacial score (nSPS) is 13.4. The molecule has 0 fully saturated rings. The molecular formula is C32H19NO2. The van der Waals surface area contributed by atoms with E-state index in [0.717, 1.165) is 38.6 Å². The highest BCUT2D eigenvalue weighted by atomic mass is 16.2. The molecule has 0 radical (unpaired) electrons. The van der Waals surface area contributed by atoms with E-state index in [1.165, 1.54) is 10.8 Å². The number of aromatic nitrogens is 1. The zero-order valence-electron chi connectivity index (χ0n) is 18.7. The van der Waals surface area contributed by atoms with Gasteiger partial charge in [0.2, 0.25) is 11.6 Å². The van der Waals surface area contributed by atoms with Crippen molar-refractivity contribution in [2.24, 2.45) is 0 Å². The summed E-state index contributed by atoms with van der Waals surface area (Å²) in [6.07, 6.45) is 1.85. The fraction of sp³-hybridized carbons (Fsp3) is 0. The van der Waals surface area contributed by atoms with Crippen molar-refractivity contribution in [3.05, 3.63) is 126 Å². The summed E-state index contributed by atoms with van der Waals surface area (Å²) >= 11 is 0. The average Bonchev–Trinajstić information content (AvgIpc) is 3.24. The van der Waals surface area contributed by atoms with Gasteiger partial charge in [-0.1, -0.05) is 72.8 Å². The molecule has 6 aromatic rings. The van der Waals surface area contributed by atoms with E-state index in [0.29, 0.717) is 11.1 Å². The lowest BCUT2D eigenvalue weighted by Crippen LogP contribution is -2.20. The summed E-state index contributed by atoms with van der Waals surface area (Å²) in [4.78, 5) is 26.1. The summed E-state index contributed by atoms with van der Waals surface area (Å²) in [5, 5.41) is 4.41. The summed E-state index contributed by atoms with van der Waals surface area (Å²) < 4.78 is 2.23. The molecule has 0 aliphatic heterocycles. The van der Waals surface area contributed by atoms with Crippen molar-refractivity contribution in [3.63, 3.8) is 0 Å². The molecule has 3 heteroatoms. The highest BCUT2D eigenvalue weighted by Gasteiger charge is 2.28. The van der Waals surface area contributed by atoms with Crippen LogP contribution in [0.5, 0.6) is 0 Å². The van der Waals surface area contributed by atoms with Crippen molar-refractivity contribution < 1.29 is 9.59 Å². The molecule has 1 heterocycles. The van der Waals surface area contributed by atoms with E-state index >= 15 is 0 Å². The first-order valence-electron chi connectivity index (χ1n) is 11.6. The van der Waals surface area contributed by atoms with Gasteiger partial charge in [0.1, 0.15) is 0 Å². The topological polar surface area (TPSA) is 39.1 Å². The molecule has 0 saturated carbocycles. The Kier molecular flexibility index (Phi) is 4.15. The van der Waals surface area contributed by atoms with Gasteiger partial charge in [0.15, 0.2) is 0 Å². The van der Waals surface area contributed by atoms with Gasteiger partial charge >= 0.3 is 0 Å². The minimum absolute atomic E-state index is 0.437. The predicted octanol–water partition coefficient (Wildman–Crippen LogP) is 7.24. The van der Waals surface area contributed by atoms with Crippen LogP contribution in [0.25, 0.3) is 49.9 Å². The molecule has 5 aromatic carbocycles. The fourth-order valence-electron chi connectivity index (χ4n) is 5.24. The van der Waals surface area contributed by atoms with Gasteiger partial charge in [-0.15, -0.1) is 0 Å². The number of hydrogen-bond donors (Lipinski definition) is 0. The highest BCUT2D eigenvalue weighted by Crippen LogP contribution is 2.34. The Morgan fingerprint density at radius 2 is 1.11 bits per heavy atom. The van der Waals surface area contributed by atoms with E-state index < -0.39 is 11.6 Å². The van der Waals surface area contributed by atoms with Gasteiger partial charge in [0.05, 0.1) is 11.0 Å². The van der Waals surface area contributed by atoms with E-state index in [1.54, 1.807) is 0 Å². The molecule has 0 saturated heterocycles. The number of carbonyl (C=O) groups excluding carboxylic acids is 2. The molecule has 0 amide bonds. The van der Waals surface area contributed by atoms with Gasteiger partial charge in [0.25, 0.3) is 0 Å². The number of fused-ring (bicyclic) bond motifs is 5. The van der Waals surface area contributed by atoms with E-state index in [-0.39, 0.29) is 0 Å². The maximum absolute atomic E-state index is 13.1. The number of carbonyl (C=O) groups is 2. The van der Waals surface area contributed by atoms with E-state index in [4.69, 9.17) is 0 Å². The summed E-state index contributed by atoms with van der Waals surface area (Å²) in [6, 6.07) is 36.3. The monoisotopic (exact) mass is 449 g/mol. The Balaban J connectivity index is 1.36. The maximum atomic E-state index is 13.1. The molecule has 35 heavy (non-hydrogen) atoms. The molecule has 1 aromatic heterocycles. The molecular weight excluding hydrogens is 430 g/mol. The second-order valence-electron chi connectivity index (χ2n) is 8.92. The molecule has 0 N–H and O–H groups in total. The number of hydrogen-bond acceptors (Lipinski definition) is 2. The van der Waals surface area contributed by atoms with Gasteiger partial charge in [-0.25, -0.2) is 0 Å². The van der Waals surface area contributed by atoms with Crippen LogP contribution in [-0.4, -0.2) is 16.1 Å². The number of ketones is 2. The van der Waals surface area contributed by atoms with Crippen LogP contribution in [-0.2, 0) is 4.79 Å². The second-order valence-corrected chi connectivity index (χ2v) is 8.92. The molecule has 164 valence electrons. The summed E-state index contributed by atoms with van der Waals surface area (Å²) in [5.41, 5.74) is 5.70. The number of Topliss-reactive ketones (excluding diaryl/α,β-unsaturated/α-hetero) is 2. The Labute approximate surface area is 201 Å². The van der Waals surface area contributed by atoms with Crippen LogP contribution >= 0.6 is 0 Å². The number of nitrogens with zero attached hydrogens (tertiary/aromatic N) is 1. The first kappa shape index (κ1) is 19.7. The van der Waals surface area contributed by atoms with Crippen LogP contribution in [0.4, 0.5) is 0 Å². The molecule has 1 aliphatic carbocycles. The first-order valence-corrected chi connectivity index (χ1v) is 11.6. The van der Waals surface area contributed by atoms with Crippen molar-refractivity contribution in [2.45, 2.75) is 0 Å².